The maximum Gasteiger partial charge on any atom is 0.310 e. The number of carbonyl (C=O) groups is 1. The van der Waals surface area contributed by atoms with Gasteiger partial charge in [-0.05, 0) is 38.0 Å². The highest BCUT2D eigenvalue weighted by atomic mass is 16.5. The summed E-state index contributed by atoms with van der Waals surface area (Å²) in [6.45, 7) is 6.07. The van der Waals surface area contributed by atoms with E-state index in [2.05, 4.69) is 45.8 Å². The first-order chi connectivity index (χ1) is 13.0. The lowest BCUT2D eigenvalue weighted by Gasteiger charge is -2.31. The van der Waals surface area contributed by atoms with E-state index in [1.165, 1.54) is 5.56 Å². The van der Waals surface area contributed by atoms with E-state index in [4.69, 9.17) is 4.74 Å². The Morgan fingerprint density at radius 2 is 2.07 bits per heavy atom. The van der Waals surface area contributed by atoms with Gasteiger partial charge in [0, 0.05) is 24.8 Å². The normalized spacial score (nSPS) is 19.4. The molecule has 0 amide bonds. The first-order valence-electron chi connectivity index (χ1n) is 9.26. The largest absolute Gasteiger partial charge is 0.457 e. The average molecular weight is 364 g/mol. The van der Waals surface area contributed by atoms with E-state index in [9.17, 15) is 4.79 Å². The molecule has 1 fully saturated rings. The van der Waals surface area contributed by atoms with Gasteiger partial charge in [-0.3, -0.25) is 9.69 Å². The smallest absolute Gasteiger partial charge is 0.310 e. The topological polar surface area (TPSA) is 71.1 Å². The fourth-order valence-corrected chi connectivity index (χ4v) is 3.77. The zero-order chi connectivity index (χ0) is 18.9. The second kappa shape index (κ2) is 7.12. The van der Waals surface area contributed by atoms with Crippen LogP contribution in [0.5, 0.6) is 0 Å². The summed E-state index contributed by atoms with van der Waals surface area (Å²) in [5.41, 5.74) is 2.71. The zero-order valence-electron chi connectivity index (χ0n) is 15.7. The number of aromatic nitrogens is 3. The van der Waals surface area contributed by atoms with Gasteiger partial charge in [0.05, 0.1) is 11.4 Å². The Kier molecular flexibility index (Phi) is 4.66. The van der Waals surface area contributed by atoms with Crippen molar-refractivity contribution in [1.29, 1.82) is 0 Å². The number of esters is 1. The molecule has 0 spiro atoms. The third kappa shape index (κ3) is 3.85. The maximum atomic E-state index is 12.6. The molecule has 1 saturated heterocycles. The van der Waals surface area contributed by atoms with Gasteiger partial charge in [0.2, 0.25) is 0 Å². The standard InChI is InChI=1S/C21H24N4O2/c1-21(2)11-16(13-25(21)12-15-7-4-3-5-8-15)20(26)27-14-18-23-17-9-6-10-22-19(17)24-18/h3-10,16H,11-14H2,1-2H3,(H,22,23,24). The van der Waals surface area contributed by atoms with E-state index in [0.29, 0.717) is 18.0 Å². The molecule has 1 aliphatic heterocycles. The van der Waals surface area contributed by atoms with Crippen LogP contribution in [0, 0.1) is 5.92 Å². The van der Waals surface area contributed by atoms with Gasteiger partial charge in [0.15, 0.2) is 5.65 Å². The van der Waals surface area contributed by atoms with Crippen molar-refractivity contribution in [2.45, 2.75) is 39.0 Å². The van der Waals surface area contributed by atoms with Gasteiger partial charge in [-0.25, -0.2) is 9.97 Å². The monoisotopic (exact) mass is 364 g/mol. The summed E-state index contributed by atoms with van der Waals surface area (Å²) in [7, 11) is 0. The minimum atomic E-state index is -0.160. The molecule has 3 aromatic rings. The van der Waals surface area contributed by atoms with Crippen LogP contribution >= 0.6 is 0 Å². The highest BCUT2D eigenvalue weighted by Crippen LogP contribution is 2.34. The summed E-state index contributed by atoms with van der Waals surface area (Å²) in [6, 6.07) is 14.1. The van der Waals surface area contributed by atoms with E-state index < -0.39 is 0 Å². The van der Waals surface area contributed by atoms with Crippen LogP contribution in [-0.4, -0.2) is 37.9 Å². The SMILES string of the molecule is CC1(C)CC(C(=O)OCc2nc3ncccc3[nH]2)CN1Cc1ccccc1. The lowest BCUT2D eigenvalue weighted by Crippen LogP contribution is -2.37. The molecule has 0 bridgehead atoms. The predicted molar refractivity (Wildman–Crippen MR) is 103 cm³/mol. The van der Waals surface area contributed by atoms with Gasteiger partial charge in [-0.15, -0.1) is 0 Å². The number of nitrogens with one attached hydrogen (secondary N) is 1. The van der Waals surface area contributed by atoms with E-state index in [-0.39, 0.29) is 24.0 Å². The molecule has 0 radical (unpaired) electrons. The number of pyridine rings is 1. The average Bonchev–Trinajstić information content (AvgIpc) is 3.21. The van der Waals surface area contributed by atoms with Crippen LogP contribution in [0.25, 0.3) is 11.2 Å². The minimum absolute atomic E-state index is 0.0389. The molecular weight excluding hydrogens is 340 g/mol. The highest BCUT2D eigenvalue weighted by Gasteiger charge is 2.42. The molecule has 6 nitrogen and oxygen atoms in total. The van der Waals surface area contributed by atoms with E-state index >= 15 is 0 Å². The van der Waals surface area contributed by atoms with Gasteiger partial charge in [-0.2, -0.15) is 0 Å². The van der Waals surface area contributed by atoms with Crippen molar-refractivity contribution in [1.82, 2.24) is 19.9 Å². The summed E-state index contributed by atoms with van der Waals surface area (Å²) >= 11 is 0. The number of H-pyrrole nitrogens is 1. The fourth-order valence-electron chi connectivity index (χ4n) is 3.77. The molecule has 2 aromatic heterocycles. The van der Waals surface area contributed by atoms with Crippen molar-refractivity contribution in [3.8, 4) is 0 Å². The Hall–Kier alpha value is -2.73. The number of hydrogen-bond donors (Lipinski definition) is 1. The number of ether oxygens (including phenoxy) is 1. The second-order valence-electron chi connectivity index (χ2n) is 7.75. The maximum absolute atomic E-state index is 12.6. The van der Waals surface area contributed by atoms with Crippen molar-refractivity contribution in [2.75, 3.05) is 6.54 Å². The molecule has 140 valence electrons. The molecule has 1 aromatic carbocycles. The van der Waals surface area contributed by atoms with Gasteiger partial charge >= 0.3 is 5.97 Å². The summed E-state index contributed by atoms with van der Waals surface area (Å²) in [5.74, 6) is 0.341. The summed E-state index contributed by atoms with van der Waals surface area (Å²) in [4.78, 5) is 26.7. The Bertz CT molecular complexity index is 903. The number of rotatable bonds is 5. The number of fused-ring (bicyclic) bond motifs is 1. The van der Waals surface area contributed by atoms with Gasteiger partial charge in [-0.1, -0.05) is 30.3 Å². The quantitative estimate of drug-likeness (QED) is 0.704. The van der Waals surface area contributed by atoms with Crippen molar-refractivity contribution in [2.24, 2.45) is 5.92 Å². The number of nitrogens with zero attached hydrogens (tertiary/aromatic N) is 3. The first-order valence-corrected chi connectivity index (χ1v) is 9.26. The molecule has 1 unspecified atom stereocenters. The van der Waals surface area contributed by atoms with Crippen molar-refractivity contribution in [3.63, 3.8) is 0 Å². The molecule has 1 N–H and O–H groups in total. The van der Waals surface area contributed by atoms with Crippen LogP contribution in [0.1, 0.15) is 31.7 Å². The van der Waals surface area contributed by atoms with Crippen LogP contribution < -0.4 is 0 Å². The summed E-state index contributed by atoms with van der Waals surface area (Å²) in [6.07, 6.45) is 2.49. The van der Waals surface area contributed by atoms with Crippen molar-refractivity contribution in [3.05, 3.63) is 60.0 Å². The van der Waals surface area contributed by atoms with Crippen LogP contribution in [0.2, 0.25) is 0 Å². The number of carbonyl (C=O) groups excluding carboxylic acids is 1. The molecule has 0 aliphatic carbocycles. The number of aromatic amines is 1. The molecule has 0 saturated carbocycles. The van der Waals surface area contributed by atoms with E-state index in [1.807, 2.05) is 30.3 Å². The lowest BCUT2D eigenvalue weighted by molar-refractivity contribution is -0.149. The first kappa shape index (κ1) is 17.7. The van der Waals surface area contributed by atoms with Crippen LogP contribution in [-0.2, 0) is 22.7 Å². The van der Waals surface area contributed by atoms with Gasteiger partial charge in [0.25, 0.3) is 0 Å². The van der Waals surface area contributed by atoms with Gasteiger partial charge in [0.1, 0.15) is 12.4 Å². The molecular formula is C21H24N4O2. The fraction of sp³-hybridized carbons (Fsp3) is 0.381. The third-order valence-corrected chi connectivity index (χ3v) is 5.25. The molecule has 27 heavy (non-hydrogen) atoms. The summed E-state index contributed by atoms with van der Waals surface area (Å²) < 4.78 is 5.55. The Balaban J connectivity index is 1.37. The third-order valence-electron chi connectivity index (χ3n) is 5.25. The number of benzene rings is 1. The minimum Gasteiger partial charge on any atom is -0.457 e. The molecule has 1 aliphatic rings. The van der Waals surface area contributed by atoms with E-state index in [1.54, 1.807) is 6.20 Å². The lowest BCUT2D eigenvalue weighted by atomic mass is 9.96. The molecule has 3 heterocycles. The van der Waals surface area contributed by atoms with Crippen molar-refractivity contribution < 1.29 is 9.53 Å². The van der Waals surface area contributed by atoms with Crippen LogP contribution in [0.3, 0.4) is 0 Å². The Labute approximate surface area is 158 Å². The van der Waals surface area contributed by atoms with Gasteiger partial charge < -0.3 is 9.72 Å². The van der Waals surface area contributed by atoms with Crippen LogP contribution in [0.4, 0.5) is 0 Å². The molecule has 6 heteroatoms. The second-order valence-corrected chi connectivity index (χ2v) is 7.75. The predicted octanol–water partition coefficient (Wildman–Crippen LogP) is 3.30. The Morgan fingerprint density at radius 1 is 1.26 bits per heavy atom. The van der Waals surface area contributed by atoms with Crippen LogP contribution in [0.15, 0.2) is 48.7 Å². The molecule has 4 rings (SSSR count). The number of hydrogen-bond acceptors (Lipinski definition) is 5. The van der Waals surface area contributed by atoms with Crippen molar-refractivity contribution >= 4 is 17.1 Å². The zero-order valence-corrected chi connectivity index (χ0v) is 15.7. The Morgan fingerprint density at radius 3 is 2.85 bits per heavy atom. The summed E-state index contributed by atoms with van der Waals surface area (Å²) in [5, 5.41) is 0. The van der Waals surface area contributed by atoms with E-state index in [0.717, 1.165) is 18.5 Å². The highest BCUT2D eigenvalue weighted by molar-refractivity contribution is 5.73. The molecule has 1 atom stereocenters. The number of imidazole rings is 1. The number of likely N-dealkylation sites (tertiary alicyclic amines) is 1.